The first kappa shape index (κ1) is 25.2. The largest absolute Gasteiger partial charge is 0.493 e. The Bertz CT molecular complexity index is 1570. The quantitative estimate of drug-likeness (QED) is 0.469. The maximum absolute atomic E-state index is 14.0. The number of H-pyrrole nitrogens is 1. The summed E-state index contributed by atoms with van der Waals surface area (Å²) in [6, 6.07) is 14.3. The van der Waals surface area contributed by atoms with Gasteiger partial charge in [-0.2, -0.15) is 0 Å². The number of nitrogens with zero attached hydrogens (tertiary/aromatic N) is 2. The van der Waals surface area contributed by atoms with Crippen molar-refractivity contribution in [3.63, 3.8) is 0 Å². The molecule has 2 aliphatic carbocycles. The lowest BCUT2D eigenvalue weighted by Gasteiger charge is -2.57. The highest BCUT2D eigenvalue weighted by molar-refractivity contribution is 5.98. The average Bonchev–Trinajstić information content (AvgIpc) is 3.53. The summed E-state index contributed by atoms with van der Waals surface area (Å²) in [6.45, 7) is 4.32. The number of aromatic amines is 1. The monoisotopic (exact) mass is 551 g/mol. The van der Waals surface area contributed by atoms with Crippen LogP contribution >= 0.6 is 0 Å². The lowest BCUT2D eigenvalue weighted by Crippen LogP contribution is -2.62. The second-order valence-corrected chi connectivity index (χ2v) is 12.8. The van der Waals surface area contributed by atoms with Gasteiger partial charge < -0.3 is 24.3 Å². The average molecular weight is 552 g/mol. The molecule has 1 aromatic heterocycles. The minimum absolute atomic E-state index is 0.0347. The van der Waals surface area contributed by atoms with Crippen LogP contribution in [-0.4, -0.2) is 66.3 Å². The van der Waals surface area contributed by atoms with E-state index in [9.17, 15) is 9.59 Å². The number of ether oxygens (including phenoxy) is 2. The van der Waals surface area contributed by atoms with Crippen molar-refractivity contribution >= 4 is 11.7 Å². The van der Waals surface area contributed by atoms with Crippen LogP contribution in [0.1, 0.15) is 74.2 Å². The zero-order valence-electron chi connectivity index (χ0n) is 24.0. The Balaban J connectivity index is 1.11. The van der Waals surface area contributed by atoms with Crippen LogP contribution < -0.4 is 9.47 Å². The van der Waals surface area contributed by atoms with Crippen molar-refractivity contribution in [3.8, 4) is 11.5 Å². The van der Waals surface area contributed by atoms with E-state index in [1.165, 1.54) is 16.7 Å². The van der Waals surface area contributed by atoms with Gasteiger partial charge in [-0.1, -0.05) is 36.4 Å². The molecule has 3 aliphatic heterocycles. The van der Waals surface area contributed by atoms with E-state index >= 15 is 0 Å². The fourth-order valence-corrected chi connectivity index (χ4v) is 8.99. The van der Waals surface area contributed by atoms with E-state index in [2.05, 4.69) is 36.0 Å². The van der Waals surface area contributed by atoms with Crippen LogP contribution in [0.4, 0.5) is 0 Å². The van der Waals surface area contributed by atoms with E-state index in [0.717, 1.165) is 54.1 Å². The van der Waals surface area contributed by atoms with E-state index in [-0.39, 0.29) is 29.1 Å². The number of benzene rings is 2. The molecule has 2 saturated heterocycles. The number of nitrogens with one attached hydrogen (secondary N) is 1. The Morgan fingerprint density at radius 1 is 1.05 bits per heavy atom. The molecule has 0 radical (unpaired) electrons. The van der Waals surface area contributed by atoms with E-state index in [0.29, 0.717) is 43.6 Å². The van der Waals surface area contributed by atoms with Crippen LogP contribution in [0.3, 0.4) is 0 Å². The Morgan fingerprint density at radius 3 is 2.59 bits per heavy atom. The van der Waals surface area contributed by atoms with Gasteiger partial charge >= 0.3 is 0 Å². The van der Waals surface area contributed by atoms with E-state index in [1.807, 2.05) is 35.2 Å². The Hall–Kier alpha value is -3.58. The number of methoxy groups -OCH3 is 1. The summed E-state index contributed by atoms with van der Waals surface area (Å²) < 4.78 is 12.7. The van der Waals surface area contributed by atoms with Crippen molar-refractivity contribution in [2.24, 2.45) is 11.8 Å². The van der Waals surface area contributed by atoms with Crippen LogP contribution in [0.5, 0.6) is 11.5 Å². The number of fused-ring (bicyclic) bond motifs is 2. The summed E-state index contributed by atoms with van der Waals surface area (Å²) in [7, 11) is 3.98. The molecule has 4 atom stereocenters. The summed E-state index contributed by atoms with van der Waals surface area (Å²) in [4.78, 5) is 35.1. The topological polar surface area (TPSA) is 74.9 Å². The number of likely N-dealkylation sites (tertiary alicyclic amines) is 2. The van der Waals surface area contributed by atoms with Crippen molar-refractivity contribution in [3.05, 3.63) is 81.7 Å². The number of ketones is 1. The third-order valence-electron chi connectivity index (χ3n) is 11.1. The van der Waals surface area contributed by atoms with E-state index < -0.39 is 0 Å². The molecule has 7 nitrogen and oxygen atoms in total. The van der Waals surface area contributed by atoms with Gasteiger partial charge in [0.1, 0.15) is 11.8 Å². The number of carbonyl (C=O) groups excluding carboxylic acids is 2. The highest BCUT2D eigenvalue weighted by Gasteiger charge is 2.65. The molecule has 0 saturated carbocycles. The molecule has 41 heavy (non-hydrogen) atoms. The molecule has 7 heteroatoms. The molecule has 2 bridgehead atoms. The number of rotatable bonds is 4. The van der Waals surface area contributed by atoms with E-state index in [4.69, 9.17) is 9.47 Å². The van der Waals surface area contributed by atoms with Gasteiger partial charge in [0, 0.05) is 41.6 Å². The fraction of sp³-hybridized carbons (Fsp3) is 0.471. The molecule has 2 fully saturated rings. The first-order chi connectivity index (χ1) is 19.9. The van der Waals surface area contributed by atoms with Gasteiger partial charge in [0.2, 0.25) is 0 Å². The van der Waals surface area contributed by atoms with Crippen molar-refractivity contribution in [1.82, 2.24) is 14.8 Å². The molecule has 1 unspecified atom stereocenters. The maximum Gasteiger partial charge on any atom is 0.270 e. The first-order valence-electron chi connectivity index (χ1n) is 15.1. The van der Waals surface area contributed by atoms with Crippen LogP contribution in [0.25, 0.3) is 0 Å². The Labute approximate surface area is 240 Å². The van der Waals surface area contributed by atoms with Gasteiger partial charge in [0.05, 0.1) is 12.8 Å². The number of amides is 1. The number of hydrogen-bond donors (Lipinski definition) is 1. The zero-order valence-corrected chi connectivity index (χ0v) is 24.0. The lowest BCUT2D eigenvalue weighted by molar-refractivity contribution is -0.0256. The van der Waals surface area contributed by atoms with Crippen molar-refractivity contribution < 1.29 is 19.1 Å². The van der Waals surface area contributed by atoms with Crippen LogP contribution in [0, 0.1) is 18.8 Å². The van der Waals surface area contributed by atoms with Crippen LogP contribution in [0.15, 0.2) is 42.5 Å². The summed E-state index contributed by atoms with van der Waals surface area (Å²) >= 11 is 0. The maximum atomic E-state index is 14.0. The SMILES string of the molecule is COc1ccc2c3c1O[C@H]1c4[nH]c(C(=O)N5CCC(C(=O)c6ccccc6)CC5)c(C)c4C[C@H]4[C@@H](C2)N(C)CCC314. The standard InChI is InChI=1S/C34H37N3O4/c1-19-23-18-24-25-17-22-9-10-26(40-3)31-27(22)34(24,13-16-36(25)2)32(41-31)29(23)35-28(19)33(39)37-14-11-21(12-15-37)30(38)20-7-5-4-6-8-20/h4-10,21,24-25,32,35H,11-18H2,1-3H3/t24-,25+,32-,34?/m0/s1. The van der Waals surface area contributed by atoms with Crippen LogP contribution in [0.2, 0.25) is 0 Å². The normalized spacial score (nSPS) is 28.1. The molecule has 4 heterocycles. The van der Waals surface area contributed by atoms with Gasteiger partial charge in [0.25, 0.3) is 5.91 Å². The third kappa shape index (κ3) is 3.35. The smallest absolute Gasteiger partial charge is 0.270 e. The number of carbonyl (C=O) groups is 2. The summed E-state index contributed by atoms with van der Waals surface area (Å²) in [5, 5.41) is 0. The predicted octanol–water partition coefficient (Wildman–Crippen LogP) is 4.87. The van der Waals surface area contributed by atoms with Gasteiger partial charge in [-0.15, -0.1) is 0 Å². The molecule has 2 aromatic carbocycles. The minimum atomic E-state index is -0.146. The number of aromatic nitrogens is 1. The summed E-state index contributed by atoms with van der Waals surface area (Å²) in [6.07, 6.45) is 4.25. The van der Waals surface area contributed by atoms with Crippen molar-refractivity contribution in [2.75, 3.05) is 33.8 Å². The number of piperidine rings is 2. The van der Waals surface area contributed by atoms with Gasteiger partial charge in [-0.05, 0) is 81.3 Å². The second-order valence-electron chi connectivity index (χ2n) is 12.8. The van der Waals surface area contributed by atoms with Crippen molar-refractivity contribution in [1.29, 1.82) is 0 Å². The Kier molecular flexibility index (Phi) is 5.50. The molecule has 212 valence electrons. The molecule has 1 N–H and O–H groups in total. The van der Waals surface area contributed by atoms with Crippen molar-refractivity contribution in [2.45, 2.75) is 56.6 Å². The second kappa shape index (κ2) is 8.96. The number of Topliss-reactive ketones (excluding diaryl/α,β-unsaturated/α-hetero) is 1. The molecule has 3 aromatic rings. The molecular formula is C34H37N3O4. The summed E-state index contributed by atoms with van der Waals surface area (Å²) in [5.74, 6) is 2.33. The fourth-order valence-electron chi connectivity index (χ4n) is 8.99. The highest BCUT2D eigenvalue weighted by atomic mass is 16.5. The van der Waals surface area contributed by atoms with Gasteiger partial charge in [-0.3, -0.25) is 9.59 Å². The van der Waals surface area contributed by atoms with Crippen LogP contribution in [-0.2, 0) is 18.3 Å². The minimum Gasteiger partial charge on any atom is -0.493 e. The lowest BCUT2D eigenvalue weighted by atomic mass is 9.51. The summed E-state index contributed by atoms with van der Waals surface area (Å²) in [5.41, 5.74) is 7.47. The van der Waals surface area contributed by atoms with Gasteiger partial charge in [0.15, 0.2) is 17.3 Å². The van der Waals surface area contributed by atoms with E-state index in [1.54, 1.807) is 7.11 Å². The molecular weight excluding hydrogens is 514 g/mol. The Morgan fingerprint density at radius 2 is 1.83 bits per heavy atom. The number of likely N-dealkylation sites (N-methyl/N-ethyl adjacent to an activating group) is 1. The predicted molar refractivity (Wildman–Crippen MR) is 155 cm³/mol. The first-order valence-corrected chi connectivity index (χ1v) is 15.1. The van der Waals surface area contributed by atoms with Gasteiger partial charge in [-0.25, -0.2) is 0 Å². The number of hydrogen-bond acceptors (Lipinski definition) is 5. The molecule has 1 spiro atoms. The highest BCUT2D eigenvalue weighted by Crippen LogP contribution is 2.67. The third-order valence-corrected chi connectivity index (χ3v) is 11.1. The molecule has 1 amide bonds. The molecule has 5 aliphatic rings. The molecule has 8 rings (SSSR count). The zero-order chi connectivity index (χ0) is 28.0.